The summed E-state index contributed by atoms with van der Waals surface area (Å²) >= 11 is 0. The molecule has 3 N–H and O–H groups in total. The van der Waals surface area contributed by atoms with Crippen molar-refractivity contribution in [2.45, 2.75) is 38.6 Å². The lowest BCUT2D eigenvalue weighted by Crippen LogP contribution is -2.35. The molecule has 12 heavy (non-hydrogen) atoms. The molecule has 0 heterocycles. The van der Waals surface area contributed by atoms with Gasteiger partial charge >= 0.3 is 0 Å². The number of aliphatic hydroxyl groups excluding tert-OH is 1. The molecule has 1 fully saturated rings. The van der Waals surface area contributed by atoms with Crippen molar-refractivity contribution < 1.29 is 5.11 Å². The molecule has 1 aliphatic carbocycles. The Hall–Kier alpha value is 0.210. The largest absolute Gasteiger partial charge is 0.395 e. The first-order chi connectivity index (χ1) is 5.24. The summed E-state index contributed by atoms with van der Waals surface area (Å²) in [6, 6.07) is 0.0301. The van der Waals surface area contributed by atoms with Gasteiger partial charge in [-0.05, 0) is 24.7 Å². The van der Waals surface area contributed by atoms with Crippen LogP contribution in [-0.2, 0) is 0 Å². The third kappa shape index (κ3) is 3.30. The molecule has 1 unspecified atom stereocenters. The summed E-state index contributed by atoms with van der Waals surface area (Å²) in [6.45, 7) is 2.44. The van der Waals surface area contributed by atoms with Crippen LogP contribution in [0.5, 0.6) is 0 Å². The molecule has 1 atom stereocenters. The van der Waals surface area contributed by atoms with Crippen LogP contribution in [0.3, 0.4) is 0 Å². The molecule has 0 aromatic heterocycles. The first-order valence-corrected chi connectivity index (χ1v) is 4.60. The van der Waals surface area contributed by atoms with E-state index in [1.807, 2.05) is 0 Å². The summed E-state index contributed by atoms with van der Waals surface area (Å²) in [5, 5.41) is 8.83. The Morgan fingerprint density at radius 1 is 1.33 bits per heavy atom. The van der Waals surface area contributed by atoms with Crippen LogP contribution in [-0.4, -0.2) is 17.8 Å². The molecule has 0 radical (unpaired) electrons. The Morgan fingerprint density at radius 2 is 1.83 bits per heavy atom. The molecule has 74 valence electrons. The quantitative estimate of drug-likeness (QED) is 0.699. The number of rotatable bonds is 2. The van der Waals surface area contributed by atoms with Gasteiger partial charge in [-0.1, -0.05) is 19.8 Å². The zero-order chi connectivity index (χ0) is 8.27. The average molecular weight is 194 g/mol. The van der Waals surface area contributed by atoms with Crippen molar-refractivity contribution in [1.29, 1.82) is 0 Å². The van der Waals surface area contributed by atoms with E-state index >= 15 is 0 Å². The van der Waals surface area contributed by atoms with Gasteiger partial charge in [-0.15, -0.1) is 12.4 Å². The van der Waals surface area contributed by atoms with Gasteiger partial charge in [0.1, 0.15) is 0 Å². The van der Waals surface area contributed by atoms with Gasteiger partial charge in [0.25, 0.3) is 0 Å². The summed E-state index contributed by atoms with van der Waals surface area (Å²) in [5.41, 5.74) is 5.74. The van der Waals surface area contributed by atoms with E-state index in [1.165, 1.54) is 25.7 Å². The number of nitrogens with two attached hydrogens (primary N) is 1. The van der Waals surface area contributed by atoms with Gasteiger partial charge < -0.3 is 10.8 Å². The second-order valence-corrected chi connectivity index (χ2v) is 3.87. The maximum absolute atomic E-state index is 8.83. The van der Waals surface area contributed by atoms with Crippen molar-refractivity contribution in [1.82, 2.24) is 0 Å². The summed E-state index contributed by atoms with van der Waals surface area (Å²) in [6.07, 6.45) is 5.00. The second kappa shape index (κ2) is 5.79. The number of halogens is 1. The Labute approximate surface area is 80.9 Å². The van der Waals surface area contributed by atoms with Crippen molar-refractivity contribution >= 4 is 12.4 Å². The van der Waals surface area contributed by atoms with Gasteiger partial charge in [-0.3, -0.25) is 0 Å². The fourth-order valence-corrected chi connectivity index (χ4v) is 1.86. The molecule has 0 amide bonds. The number of hydrogen-bond acceptors (Lipinski definition) is 2. The van der Waals surface area contributed by atoms with Gasteiger partial charge in [0.05, 0.1) is 6.61 Å². The van der Waals surface area contributed by atoms with Crippen LogP contribution in [0.2, 0.25) is 0 Å². The van der Waals surface area contributed by atoms with E-state index in [-0.39, 0.29) is 25.1 Å². The van der Waals surface area contributed by atoms with E-state index in [0.29, 0.717) is 5.92 Å². The lowest BCUT2D eigenvalue weighted by Gasteiger charge is -2.29. The topological polar surface area (TPSA) is 46.2 Å². The van der Waals surface area contributed by atoms with Crippen molar-refractivity contribution in [3.8, 4) is 0 Å². The lowest BCUT2D eigenvalue weighted by atomic mass is 9.80. The van der Waals surface area contributed by atoms with Crippen LogP contribution >= 0.6 is 12.4 Å². The SMILES string of the molecule is CC1CCC(C(N)CO)CC1.Cl. The molecule has 0 aliphatic heterocycles. The highest BCUT2D eigenvalue weighted by molar-refractivity contribution is 5.85. The van der Waals surface area contributed by atoms with E-state index in [0.717, 1.165) is 5.92 Å². The maximum Gasteiger partial charge on any atom is 0.0585 e. The summed E-state index contributed by atoms with van der Waals surface area (Å²) < 4.78 is 0. The zero-order valence-electron chi connectivity index (χ0n) is 7.70. The highest BCUT2D eigenvalue weighted by atomic mass is 35.5. The van der Waals surface area contributed by atoms with Gasteiger partial charge in [0, 0.05) is 6.04 Å². The number of hydrogen-bond donors (Lipinski definition) is 2. The smallest absolute Gasteiger partial charge is 0.0585 e. The minimum Gasteiger partial charge on any atom is -0.395 e. The van der Waals surface area contributed by atoms with Crippen LogP contribution in [0.25, 0.3) is 0 Å². The molecule has 1 aliphatic rings. The predicted octanol–water partition coefficient (Wildman–Crippen LogP) is 1.55. The highest BCUT2D eigenvalue weighted by Crippen LogP contribution is 2.29. The molecule has 1 rings (SSSR count). The molecule has 2 nitrogen and oxygen atoms in total. The Morgan fingerprint density at radius 3 is 2.25 bits per heavy atom. The molecule has 0 aromatic carbocycles. The summed E-state index contributed by atoms with van der Waals surface area (Å²) in [5.74, 6) is 1.45. The van der Waals surface area contributed by atoms with E-state index in [4.69, 9.17) is 10.8 Å². The summed E-state index contributed by atoms with van der Waals surface area (Å²) in [4.78, 5) is 0. The second-order valence-electron chi connectivity index (χ2n) is 3.87. The first-order valence-electron chi connectivity index (χ1n) is 4.60. The van der Waals surface area contributed by atoms with Crippen LogP contribution < -0.4 is 5.73 Å². The Balaban J connectivity index is 0.00000121. The normalized spacial score (nSPS) is 32.2. The monoisotopic (exact) mass is 193 g/mol. The molecular weight excluding hydrogens is 174 g/mol. The molecule has 3 heteroatoms. The van der Waals surface area contributed by atoms with Crippen LogP contribution in [0.15, 0.2) is 0 Å². The van der Waals surface area contributed by atoms with E-state index < -0.39 is 0 Å². The maximum atomic E-state index is 8.83. The first kappa shape index (κ1) is 12.2. The Bertz CT molecular complexity index is 113. The Kier molecular flexibility index (Phi) is 5.89. The fourth-order valence-electron chi connectivity index (χ4n) is 1.86. The van der Waals surface area contributed by atoms with Gasteiger partial charge in [0.15, 0.2) is 0 Å². The van der Waals surface area contributed by atoms with Gasteiger partial charge in [0.2, 0.25) is 0 Å². The minimum absolute atomic E-state index is 0. The standard InChI is InChI=1S/C9H19NO.ClH/c1-7-2-4-8(5-3-7)9(10)6-11;/h7-9,11H,2-6,10H2,1H3;1H. The van der Waals surface area contributed by atoms with Crippen LogP contribution in [0.1, 0.15) is 32.6 Å². The third-order valence-electron chi connectivity index (χ3n) is 2.88. The van der Waals surface area contributed by atoms with Gasteiger partial charge in [-0.25, -0.2) is 0 Å². The fraction of sp³-hybridized carbons (Fsp3) is 1.00. The lowest BCUT2D eigenvalue weighted by molar-refractivity contribution is 0.182. The molecule has 0 bridgehead atoms. The molecule has 0 aromatic rings. The van der Waals surface area contributed by atoms with Crippen molar-refractivity contribution in [3.05, 3.63) is 0 Å². The van der Waals surface area contributed by atoms with E-state index in [1.54, 1.807) is 0 Å². The molecule has 0 spiro atoms. The van der Waals surface area contributed by atoms with Gasteiger partial charge in [-0.2, -0.15) is 0 Å². The van der Waals surface area contributed by atoms with E-state index in [9.17, 15) is 0 Å². The minimum atomic E-state index is 0. The highest BCUT2D eigenvalue weighted by Gasteiger charge is 2.22. The molecular formula is C9H20ClNO. The van der Waals surface area contributed by atoms with Crippen LogP contribution in [0, 0.1) is 11.8 Å². The van der Waals surface area contributed by atoms with E-state index in [2.05, 4.69) is 6.92 Å². The third-order valence-corrected chi connectivity index (χ3v) is 2.88. The summed E-state index contributed by atoms with van der Waals surface area (Å²) in [7, 11) is 0. The molecule has 0 saturated heterocycles. The predicted molar refractivity (Wildman–Crippen MR) is 53.4 cm³/mol. The average Bonchev–Trinajstić information content (AvgIpc) is 2.05. The van der Waals surface area contributed by atoms with Crippen molar-refractivity contribution in [2.75, 3.05) is 6.61 Å². The zero-order valence-corrected chi connectivity index (χ0v) is 8.52. The van der Waals surface area contributed by atoms with Crippen molar-refractivity contribution in [2.24, 2.45) is 17.6 Å². The van der Waals surface area contributed by atoms with Crippen molar-refractivity contribution in [3.63, 3.8) is 0 Å². The number of aliphatic hydroxyl groups is 1. The molecule has 1 saturated carbocycles. The van der Waals surface area contributed by atoms with Crippen LogP contribution in [0.4, 0.5) is 0 Å².